The van der Waals surface area contributed by atoms with Crippen LogP contribution in [-0.2, 0) is 11.3 Å². The van der Waals surface area contributed by atoms with Crippen molar-refractivity contribution in [1.29, 1.82) is 0 Å². The van der Waals surface area contributed by atoms with Crippen LogP contribution in [0.25, 0.3) is 0 Å². The molecule has 0 unspecified atom stereocenters. The van der Waals surface area contributed by atoms with Gasteiger partial charge in [-0.15, -0.1) is 11.3 Å². The molecule has 4 nitrogen and oxygen atoms in total. The molecule has 0 radical (unpaired) electrons. The van der Waals surface area contributed by atoms with E-state index in [0.29, 0.717) is 25.6 Å². The molecule has 0 aliphatic heterocycles. The Morgan fingerprint density at radius 1 is 1.56 bits per heavy atom. The number of likely N-dealkylation sites (N-methyl/N-ethyl adjacent to an activating group) is 1. The second-order valence-electron chi connectivity index (χ2n) is 3.89. The quantitative estimate of drug-likeness (QED) is 0.793. The summed E-state index contributed by atoms with van der Waals surface area (Å²) in [5, 5.41) is 9.00. The molecule has 5 heteroatoms. The van der Waals surface area contributed by atoms with E-state index in [1.165, 1.54) is 0 Å². The van der Waals surface area contributed by atoms with Gasteiger partial charge in [-0.05, 0) is 6.92 Å². The van der Waals surface area contributed by atoms with Crippen molar-refractivity contribution < 1.29 is 4.79 Å². The second kappa shape index (κ2) is 6.60. The Balaban J connectivity index is 2.29. The fourth-order valence-corrected chi connectivity index (χ4v) is 2.07. The molecule has 0 saturated carbocycles. The zero-order chi connectivity index (χ0) is 12.0. The summed E-state index contributed by atoms with van der Waals surface area (Å²) in [6.45, 7) is 7.85. The van der Waals surface area contributed by atoms with E-state index < -0.39 is 0 Å². The number of hydrogen-bond donors (Lipinski definition) is 2. The van der Waals surface area contributed by atoms with Crippen LogP contribution in [0, 0.1) is 0 Å². The molecular formula is C11H19N3OS. The molecule has 2 N–H and O–H groups in total. The van der Waals surface area contributed by atoms with Crippen molar-refractivity contribution in [2.75, 3.05) is 13.1 Å². The molecule has 0 bridgehead atoms. The zero-order valence-electron chi connectivity index (χ0n) is 10.0. The van der Waals surface area contributed by atoms with Gasteiger partial charge in [0.15, 0.2) is 0 Å². The lowest BCUT2D eigenvalue weighted by atomic mass is 10.2. The molecule has 1 heterocycles. The molecular weight excluding hydrogens is 222 g/mol. The number of nitrogens with one attached hydrogen (secondary N) is 2. The fraction of sp³-hybridized carbons (Fsp3) is 0.636. The summed E-state index contributed by atoms with van der Waals surface area (Å²) in [4.78, 5) is 15.6. The molecule has 0 aliphatic rings. The summed E-state index contributed by atoms with van der Waals surface area (Å²) >= 11 is 1.68. The first-order valence-corrected chi connectivity index (χ1v) is 6.43. The third-order valence-electron chi connectivity index (χ3n) is 2.03. The highest BCUT2D eigenvalue weighted by molar-refractivity contribution is 7.09. The Morgan fingerprint density at radius 3 is 2.88 bits per heavy atom. The molecule has 0 saturated heterocycles. The predicted octanol–water partition coefficient (Wildman–Crippen LogP) is 1.49. The molecule has 16 heavy (non-hydrogen) atoms. The maximum Gasteiger partial charge on any atom is 0.233 e. The highest BCUT2D eigenvalue weighted by atomic mass is 32.1. The van der Waals surface area contributed by atoms with Crippen molar-refractivity contribution in [2.24, 2.45) is 0 Å². The summed E-state index contributed by atoms with van der Waals surface area (Å²) in [5.74, 6) is 0.504. The standard InChI is InChI=1S/C11H19N3OS/c1-4-13-10(15)6-12-5-9-7-16-11(14-9)8(2)3/h7-8,12H,4-6H2,1-3H3,(H,13,15). The molecule has 1 aromatic rings. The van der Waals surface area contributed by atoms with Crippen LogP contribution in [-0.4, -0.2) is 24.0 Å². The Bertz CT molecular complexity index is 336. The van der Waals surface area contributed by atoms with E-state index in [-0.39, 0.29) is 5.91 Å². The summed E-state index contributed by atoms with van der Waals surface area (Å²) in [6.07, 6.45) is 0. The van der Waals surface area contributed by atoms with Gasteiger partial charge in [-0.25, -0.2) is 4.98 Å². The number of carbonyl (C=O) groups is 1. The number of amides is 1. The van der Waals surface area contributed by atoms with E-state index in [2.05, 4.69) is 29.5 Å². The lowest BCUT2D eigenvalue weighted by Crippen LogP contribution is -2.33. The van der Waals surface area contributed by atoms with Gasteiger partial charge in [0.1, 0.15) is 0 Å². The van der Waals surface area contributed by atoms with Crippen LogP contribution in [0.15, 0.2) is 5.38 Å². The molecule has 0 fully saturated rings. The van der Waals surface area contributed by atoms with Crippen molar-refractivity contribution in [3.63, 3.8) is 0 Å². The number of hydrogen-bond acceptors (Lipinski definition) is 4. The smallest absolute Gasteiger partial charge is 0.233 e. The Morgan fingerprint density at radius 2 is 2.31 bits per heavy atom. The molecule has 1 aromatic heterocycles. The number of carbonyl (C=O) groups excluding carboxylic acids is 1. The first kappa shape index (κ1) is 13.1. The van der Waals surface area contributed by atoms with E-state index in [9.17, 15) is 4.79 Å². The first-order chi connectivity index (χ1) is 7.63. The van der Waals surface area contributed by atoms with Crippen LogP contribution >= 0.6 is 11.3 Å². The van der Waals surface area contributed by atoms with E-state index in [1.807, 2.05) is 12.3 Å². The second-order valence-corrected chi connectivity index (χ2v) is 4.78. The van der Waals surface area contributed by atoms with Gasteiger partial charge in [0, 0.05) is 24.4 Å². The van der Waals surface area contributed by atoms with Gasteiger partial charge in [0.2, 0.25) is 5.91 Å². The minimum Gasteiger partial charge on any atom is -0.355 e. The molecule has 1 amide bonds. The van der Waals surface area contributed by atoms with E-state index in [1.54, 1.807) is 11.3 Å². The minimum atomic E-state index is 0.0295. The van der Waals surface area contributed by atoms with Gasteiger partial charge < -0.3 is 10.6 Å². The summed E-state index contributed by atoms with van der Waals surface area (Å²) in [6, 6.07) is 0. The van der Waals surface area contributed by atoms with Crippen LogP contribution in [0.3, 0.4) is 0 Å². The van der Waals surface area contributed by atoms with Gasteiger partial charge >= 0.3 is 0 Å². The third-order valence-corrected chi connectivity index (χ3v) is 3.22. The number of nitrogens with zero attached hydrogens (tertiary/aromatic N) is 1. The highest BCUT2D eigenvalue weighted by Crippen LogP contribution is 2.18. The lowest BCUT2D eigenvalue weighted by molar-refractivity contribution is -0.120. The molecule has 1 rings (SSSR count). The number of thiazole rings is 1. The van der Waals surface area contributed by atoms with Crippen molar-refractivity contribution >= 4 is 17.2 Å². The molecule has 0 spiro atoms. The van der Waals surface area contributed by atoms with Crippen LogP contribution in [0.1, 0.15) is 37.4 Å². The fourth-order valence-electron chi connectivity index (χ4n) is 1.23. The Kier molecular flexibility index (Phi) is 5.42. The topological polar surface area (TPSA) is 54.0 Å². The zero-order valence-corrected chi connectivity index (χ0v) is 10.9. The highest BCUT2D eigenvalue weighted by Gasteiger charge is 2.05. The van der Waals surface area contributed by atoms with Crippen LogP contribution < -0.4 is 10.6 Å². The summed E-state index contributed by atoms with van der Waals surface area (Å²) < 4.78 is 0. The minimum absolute atomic E-state index is 0.0295. The van der Waals surface area contributed by atoms with Gasteiger partial charge in [-0.1, -0.05) is 13.8 Å². The first-order valence-electron chi connectivity index (χ1n) is 5.55. The largest absolute Gasteiger partial charge is 0.355 e. The lowest BCUT2D eigenvalue weighted by Gasteiger charge is -2.03. The average molecular weight is 241 g/mol. The van der Waals surface area contributed by atoms with Gasteiger partial charge in [-0.2, -0.15) is 0 Å². The van der Waals surface area contributed by atoms with Crippen LogP contribution in [0.5, 0.6) is 0 Å². The number of rotatable bonds is 6. The SMILES string of the molecule is CCNC(=O)CNCc1csc(C(C)C)n1. The molecule has 0 atom stereocenters. The normalized spacial score (nSPS) is 10.8. The monoisotopic (exact) mass is 241 g/mol. The Labute approximate surface area is 100 Å². The maximum absolute atomic E-state index is 11.2. The Hall–Kier alpha value is -0.940. The van der Waals surface area contributed by atoms with Gasteiger partial charge in [0.25, 0.3) is 0 Å². The third kappa shape index (κ3) is 4.28. The van der Waals surface area contributed by atoms with Crippen molar-refractivity contribution in [2.45, 2.75) is 33.2 Å². The van der Waals surface area contributed by atoms with Crippen molar-refractivity contribution in [1.82, 2.24) is 15.6 Å². The number of aromatic nitrogens is 1. The van der Waals surface area contributed by atoms with Gasteiger partial charge in [-0.3, -0.25) is 4.79 Å². The van der Waals surface area contributed by atoms with Crippen LogP contribution in [0.4, 0.5) is 0 Å². The van der Waals surface area contributed by atoms with E-state index in [4.69, 9.17) is 0 Å². The molecule has 90 valence electrons. The van der Waals surface area contributed by atoms with Crippen molar-refractivity contribution in [3.8, 4) is 0 Å². The molecule has 0 aromatic carbocycles. The van der Waals surface area contributed by atoms with E-state index in [0.717, 1.165) is 10.7 Å². The van der Waals surface area contributed by atoms with Crippen LogP contribution in [0.2, 0.25) is 0 Å². The van der Waals surface area contributed by atoms with Crippen molar-refractivity contribution in [3.05, 3.63) is 16.1 Å². The van der Waals surface area contributed by atoms with Gasteiger partial charge in [0.05, 0.1) is 17.2 Å². The summed E-state index contributed by atoms with van der Waals surface area (Å²) in [5.41, 5.74) is 1.01. The summed E-state index contributed by atoms with van der Waals surface area (Å²) in [7, 11) is 0. The average Bonchev–Trinajstić information content (AvgIpc) is 2.67. The molecule has 0 aliphatic carbocycles. The maximum atomic E-state index is 11.2. The predicted molar refractivity (Wildman–Crippen MR) is 66.6 cm³/mol. The van der Waals surface area contributed by atoms with E-state index >= 15 is 0 Å².